The lowest BCUT2D eigenvalue weighted by molar-refractivity contribution is 0.190. The molecule has 3 nitrogen and oxygen atoms in total. The molecule has 0 bridgehead atoms. The first-order valence-electron chi connectivity index (χ1n) is 5.90. The first kappa shape index (κ1) is 12.5. The van der Waals surface area contributed by atoms with Gasteiger partial charge in [-0.25, -0.2) is 0 Å². The Hall–Kier alpha value is -0.570. The van der Waals surface area contributed by atoms with E-state index in [1.54, 1.807) is 0 Å². The Morgan fingerprint density at radius 2 is 2.13 bits per heavy atom. The maximum Gasteiger partial charge on any atom is 0.101 e. The number of nitrogens with one attached hydrogen (secondary N) is 1. The zero-order valence-corrected chi connectivity index (χ0v) is 10.2. The summed E-state index contributed by atoms with van der Waals surface area (Å²) in [6.45, 7) is 8.51. The predicted octanol–water partition coefficient (Wildman–Crippen LogP) is 2.10. The molecule has 3 heteroatoms. The van der Waals surface area contributed by atoms with Crippen LogP contribution in [0.3, 0.4) is 0 Å². The molecule has 1 unspecified atom stereocenters. The number of nitrogens with zero attached hydrogens (tertiary/aromatic N) is 1. The van der Waals surface area contributed by atoms with Crippen LogP contribution in [0.4, 0.5) is 0 Å². The molecule has 15 heavy (non-hydrogen) atoms. The molecule has 0 amide bonds. The minimum absolute atomic E-state index is 0.0545. The summed E-state index contributed by atoms with van der Waals surface area (Å²) in [5, 5.41) is 17.1. The maximum atomic E-state index is 8.93. The van der Waals surface area contributed by atoms with Crippen molar-refractivity contribution < 1.29 is 5.11 Å². The highest BCUT2D eigenvalue weighted by atomic mass is 16.3. The maximum absolute atomic E-state index is 8.93. The van der Waals surface area contributed by atoms with E-state index >= 15 is 0 Å². The van der Waals surface area contributed by atoms with Crippen molar-refractivity contribution in [3.63, 3.8) is 0 Å². The molecule has 1 aliphatic rings. The van der Waals surface area contributed by atoms with E-state index in [0.29, 0.717) is 5.92 Å². The van der Waals surface area contributed by atoms with Gasteiger partial charge in [-0.3, -0.25) is 5.41 Å². The smallest absolute Gasteiger partial charge is 0.101 e. The standard InChI is InChI=1S/C12H24N2O/c1-12(2,3)11(13)14-7-4-5-10(9-14)6-8-15/h10,13,15H,4-9H2,1-3H3. The van der Waals surface area contributed by atoms with E-state index in [-0.39, 0.29) is 12.0 Å². The second kappa shape index (κ2) is 4.97. The van der Waals surface area contributed by atoms with Crippen LogP contribution in [0.5, 0.6) is 0 Å². The number of hydrogen-bond acceptors (Lipinski definition) is 2. The molecule has 0 aromatic heterocycles. The minimum atomic E-state index is -0.0545. The van der Waals surface area contributed by atoms with Gasteiger partial charge in [0.05, 0.1) is 0 Å². The SMILES string of the molecule is CC(C)(C)C(=N)N1CCCC(CCO)C1. The molecule has 0 aromatic rings. The van der Waals surface area contributed by atoms with Gasteiger partial charge in [-0.2, -0.15) is 0 Å². The van der Waals surface area contributed by atoms with Gasteiger partial charge in [-0.05, 0) is 25.2 Å². The van der Waals surface area contributed by atoms with Crippen LogP contribution in [0, 0.1) is 16.7 Å². The Kier molecular flexibility index (Phi) is 4.14. The van der Waals surface area contributed by atoms with Gasteiger partial charge in [-0.1, -0.05) is 20.8 Å². The average Bonchev–Trinajstić information content (AvgIpc) is 2.16. The van der Waals surface area contributed by atoms with Gasteiger partial charge in [0.15, 0.2) is 0 Å². The summed E-state index contributed by atoms with van der Waals surface area (Å²) in [5.74, 6) is 1.32. The van der Waals surface area contributed by atoms with Gasteiger partial charge in [-0.15, -0.1) is 0 Å². The van der Waals surface area contributed by atoms with Crippen LogP contribution in [0.1, 0.15) is 40.0 Å². The number of aliphatic hydroxyl groups is 1. The number of amidine groups is 1. The predicted molar refractivity (Wildman–Crippen MR) is 63.2 cm³/mol. The van der Waals surface area contributed by atoms with Crippen LogP contribution in [0.15, 0.2) is 0 Å². The van der Waals surface area contributed by atoms with Crippen molar-refractivity contribution in [3.8, 4) is 0 Å². The normalized spacial score (nSPS) is 22.9. The van der Waals surface area contributed by atoms with E-state index in [2.05, 4.69) is 25.7 Å². The molecule has 0 saturated carbocycles. The van der Waals surface area contributed by atoms with E-state index in [1.807, 2.05) is 0 Å². The van der Waals surface area contributed by atoms with Crippen molar-refractivity contribution >= 4 is 5.84 Å². The largest absolute Gasteiger partial charge is 0.396 e. The summed E-state index contributed by atoms with van der Waals surface area (Å²) in [5.41, 5.74) is -0.0545. The van der Waals surface area contributed by atoms with Crippen LogP contribution in [0.25, 0.3) is 0 Å². The van der Waals surface area contributed by atoms with E-state index in [0.717, 1.165) is 31.8 Å². The molecule has 0 aromatic carbocycles. The number of aliphatic hydroxyl groups excluding tert-OH is 1. The fraction of sp³-hybridized carbons (Fsp3) is 0.917. The monoisotopic (exact) mass is 212 g/mol. The quantitative estimate of drug-likeness (QED) is 0.544. The van der Waals surface area contributed by atoms with E-state index in [1.165, 1.54) is 6.42 Å². The van der Waals surface area contributed by atoms with Crippen LogP contribution in [0.2, 0.25) is 0 Å². The molecule has 2 N–H and O–H groups in total. The molecule has 1 fully saturated rings. The third-order valence-electron chi connectivity index (χ3n) is 3.08. The number of hydrogen-bond donors (Lipinski definition) is 2. The Bertz CT molecular complexity index is 218. The lowest BCUT2D eigenvalue weighted by Crippen LogP contribution is -2.44. The Morgan fingerprint density at radius 3 is 2.67 bits per heavy atom. The molecular formula is C12H24N2O. The highest BCUT2D eigenvalue weighted by Gasteiger charge is 2.27. The summed E-state index contributed by atoms with van der Waals surface area (Å²) < 4.78 is 0. The molecule has 0 aliphatic carbocycles. The average molecular weight is 212 g/mol. The summed E-state index contributed by atoms with van der Waals surface area (Å²) in [7, 11) is 0. The highest BCUT2D eigenvalue weighted by Crippen LogP contribution is 2.24. The summed E-state index contributed by atoms with van der Waals surface area (Å²) >= 11 is 0. The fourth-order valence-corrected chi connectivity index (χ4v) is 2.16. The van der Waals surface area contributed by atoms with Gasteiger partial charge in [0.2, 0.25) is 0 Å². The highest BCUT2D eigenvalue weighted by molar-refractivity contribution is 5.84. The minimum Gasteiger partial charge on any atom is -0.396 e. The van der Waals surface area contributed by atoms with Crippen molar-refractivity contribution in [1.29, 1.82) is 5.41 Å². The molecule has 1 saturated heterocycles. The zero-order valence-electron chi connectivity index (χ0n) is 10.2. The summed E-state index contributed by atoms with van der Waals surface area (Å²) in [6, 6.07) is 0. The third-order valence-corrected chi connectivity index (χ3v) is 3.08. The first-order chi connectivity index (χ1) is 6.95. The molecule has 88 valence electrons. The lowest BCUT2D eigenvalue weighted by atomic mass is 9.90. The van der Waals surface area contributed by atoms with Crippen LogP contribution < -0.4 is 0 Å². The van der Waals surface area contributed by atoms with Crippen molar-refractivity contribution in [3.05, 3.63) is 0 Å². The van der Waals surface area contributed by atoms with Crippen molar-refractivity contribution in [2.75, 3.05) is 19.7 Å². The molecular weight excluding hydrogens is 188 g/mol. The van der Waals surface area contributed by atoms with E-state index in [9.17, 15) is 0 Å². The van der Waals surface area contributed by atoms with E-state index in [4.69, 9.17) is 10.5 Å². The molecule has 1 atom stereocenters. The first-order valence-corrected chi connectivity index (χ1v) is 5.90. The summed E-state index contributed by atoms with van der Waals surface area (Å²) in [6.07, 6.45) is 3.24. The topological polar surface area (TPSA) is 47.3 Å². The molecule has 0 radical (unpaired) electrons. The second-order valence-corrected chi connectivity index (χ2v) is 5.57. The lowest BCUT2D eigenvalue weighted by Gasteiger charge is -2.38. The Morgan fingerprint density at radius 1 is 1.47 bits per heavy atom. The molecule has 1 heterocycles. The third kappa shape index (κ3) is 3.49. The van der Waals surface area contributed by atoms with Crippen LogP contribution >= 0.6 is 0 Å². The van der Waals surface area contributed by atoms with Crippen molar-refractivity contribution in [1.82, 2.24) is 4.90 Å². The molecule has 0 spiro atoms. The molecule has 1 rings (SSSR count). The number of piperidine rings is 1. The summed E-state index contributed by atoms with van der Waals surface area (Å²) in [4.78, 5) is 2.18. The van der Waals surface area contributed by atoms with Gasteiger partial charge in [0.1, 0.15) is 5.84 Å². The van der Waals surface area contributed by atoms with Crippen molar-refractivity contribution in [2.45, 2.75) is 40.0 Å². The fourth-order valence-electron chi connectivity index (χ4n) is 2.16. The second-order valence-electron chi connectivity index (χ2n) is 5.57. The Balaban J connectivity index is 2.52. The van der Waals surface area contributed by atoms with Gasteiger partial charge >= 0.3 is 0 Å². The zero-order chi connectivity index (χ0) is 11.5. The Labute approximate surface area is 93.0 Å². The van der Waals surface area contributed by atoms with E-state index < -0.39 is 0 Å². The van der Waals surface area contributed by atoms with Crippen LogP contribution in [-0.2, 0) is 0 Å². The van der Waals surface area contributed by atoms with Gasteiger partial charge in [0.25, 0.3) is 0 Å². The van der Waals surface area contributed by atoms with Gasteiger partial charge < -0.3 is 10.0 Å². The van der Waals surface area contributed by atoms with Crippen LogP contribution in [-0.4, -0.2) is 35.5 Å². The van der Waals surface area contributed by atoms with Crippen molar-refractivity contribution in [2.24, 2.45) is 11.3 Å². The number of rotatable bonds is 2. The van der Waals surface area contributed by atoms with Gasteiger partial charge in [0, 0.05) is 25.1 Å². The molecule has 1 aliphatic heterocycles. The number of likely N-dealkylation sites (tertiary alicyclic amines) is 1.